The molecule has 0 fully saturated rings. The summed E-state index contributed by atoms with van der Waals surface area (Å²) in [5, 5.41) is 2.61. The molecule has 0 heterocycles. The molecule has 2 aromatic rings. The van der Waals surface area contributed by atoms with E-state index in [4.69, 9.17) is 9.47 Å². The first kappa shape index (κ1) is 14.0. The summed E-state index contributed by atoms with van der Waals surface area (Å²) in [7, 11) is 0. The van der Waals surface area contributed by atoms with Crippen molar-refractivity contribution in [2.45, 2.75) is 33.5 Å². The predicted octanol–water partition coefficient (Wildman–Crippen LogP) is 4.09. The van der Waals surface area contributed by atoms with Crippen molar-refractivity contribution in [2.75, 3.05) is 13.2 Å². The first-order chi connectivity index (χ1) is 9.26. The first-order valence-electron chi connectivity index (χ1n) is 6.96. The minimum Gasteiger partial charge on any atom is -0.353 e. The van der Waals surface area contributed by atoms with E-state index in [0.717, 1.165) is 6.42 Å². The van der Waals surface area contributed by atoms with Crippen molar-refractivity contribution in [1.29, 1.82) is 0 Å². The zero-order valence-electron chi connectivity index (χ0n) is 12.0. The largest absolute Gasteiger partial charge is 0.353 e. The summed E-state index contributed by atoms with van der Waals surface area (Å²) in [4.78, 5) is 0. The first-order valence-corrected chi connectivity index (χ1v) is 6.96. The van der Waals surface area contributed by atoms with Gasteiger partial charge in [0.1, 0.15) is 0 Å². The third kappa shape index (κ3) is 3.34. The molecule has 2 nitrogen and oxygen atoms in total. The molecule has 0 amide bonds. The van der Waals surface area contributed by atoms with Crippen LogP contribution in [-0.4, -0.2) is 19.5 Å². The fraction of sp³-hybridized carbons (Fsp3) is 0.412. The fourth-order valence-corrected chi connectivity index (χ4v) is 2.41. The highest BCUT2D eigenvalue weighted by Gasteiger charge is 2.11. The van der Waals surface area contributed by atoms with Gasteiger partial charge in [-0.25, -0.2) is 0 Å². The lowest BCUT2D eigenvalue weighted by Crippen LogP contribution is -2.20. The molecule has 2 rings (SSSR count). The Labute approximate surface area is 115 Å². The second-order valence-corrected chi connectivity index (χ2v) is 4.63. The molecule has 19 heavy (non-hydrogen) atoms. The van der Waals surface area contributed by atoms with Crippen LogP contribution in [0.1, 0.15) is 25.0 Å². The highest BCUT2D eigenvalue weighted by molar-refractivity contribution is 5.88. The molecule has 0 aromatic heterocycles. The van der Waals surface area contributed by atoms with Crippen LogP contribution in [0.4, 0.5) is 0 Å². The molecule has 2 aromatic carbocycles. The van der Waals surface area contributed by atoms with Gasteiger partial charge in [-0.15, -0.1) is 0 Å². The number of ether oxygens (including phenoxy) is 2. The molecule has 0 atom stereocenters. The number of hydrogen-bond acceptors (Lipinski definition) is 2. The average molecular weight is 258 g/mol. The smallest absolute Gasteiger partial charge is 0.161 e. The lowest BCUT2D eigenvalue weighted by atomic mass is 9.98. The molecule has 0 saturated carbocycles. The number of aryl methyl sites for hydroxylation is 1. The minimum absolute atomic E-state index is 0.152. The Kier molecular flexibility index (Phi) is 4.94. The average Bonchev–Trinajstić information content (AvgIpc) is 2.43. The maximum Gasteiger partial charge on any atom is 0.161 e. The molecule has 0 radical (unpaired) electrons. The van der Waals surface area contributed by atoms with Gasteiger partial charge in [0.15, 0.2) is 6.29 Å². The van der Waals surface area contributed by atoms with Gasteiger partial charge in [0.2, 0.25) is 0 Å². The lowest BCUT2D eigenvalue weighted by Gasteiger charge is -2.18. The van der Waals surface area contributed by atoms with Crippen LogP contribution in [0.5, 0.6) is 0 Å². The maximum atomic E-state index is 5.64. The van der Waals surface area contributed by atoms with E-state index in [9.17, 15) is 0 Å². The van der Waals surface area contributed by atoms with Gasteiger partial charge in [-0.1, -0.05) is 36.4 Å². The SMILES string of the molecule is CCOC(Cc1ccc(C)c2ccccc12)OCC. The molecule has 0 unspecified atom stereocenters. The summed E-state index contributed by atoms with van der Waals surface area (Å²) in [6.07, 6.45) is 0.642. The Morgan fingerprint density at radius 2 is 1.53 bits per heavy atom. The monoisotopic (exact) mass is 258 g/mol. The van der Waals surface area contributed by atoms with Crippen molar-refractivity contribution >= 4 is 10.8 Å². The molecule has 0 aliphatic rings. The van der Waals surface area contributed by atoms with Crippen LogP contribution in [0.2, 0.25) is 0 Å². The molecule has 0 aliphatic heterocycles. The molecule has 102 valence electrons. The maximum absolute atomic E-state index is 5.64. The van der Waals surface area contributed by atoms with Gasteiger partial charge in [-0.3, -0.25) is 0 Å². The van der Waals surface area contributed by atoms with Crippen LogP contribution < -0.4 is 0 Å². The Balaban J connectivity index is 2.31. The second kappa shape index (κ2) is 6.69. The molecular formula is C17H22O2. The normalized spacial score (nSPS) is 11.4. The van der Waals surface area contributed by atoms with Crippen molar-refractivity contribution in [3.05, 3.63) is 47.5 Å². The van der Waals surface area contributed by atoms with E-state index in [1.807, 2.05) is 13.8 Å². The van der Waals surface area contributed by atoms with Gasteiger partial charge in [0.05, 0.1) is 0 Å². The van der Waals surface area contributed by atoms with E-state index < -0.39 is 0 Å². The third-order valence-corrected chi connectivity index (χ3v) is 3.32. The fourth-order valence-electron chi connectivity index (χ4n) is 2.41. The third-order valence-electron chi connectivity index (χ3n) is 3.32. The van der Waals surface area contributed by atoms with E-state index in [2.05, 4.69) is 43.3 Å². The van der Waals surface area contributed by atoms with E-state index in [1.54, 1.807) is 0 Å². The number of rotatable bonds is 6. The highest BCUT2D eigenvalue weighted by Crippen LogP contribution is 2.24. The molecule has 0 N–H and O–H groups in total. The van der Waals surface area contributed by atoms with Crippen molar-refractivity contribution < 1.29 is 9.47 Å². The molecular weight excluding hydrogens is 236 g/mol. The van der Waals surface area contributed by atoms with Crippen molar-refractivity contribution in [2.24, 2.45) is 0 Å². The van der Waals surface area contributed by atoms with E-state index in [-0.39, 0.29) is 6.29 Å². The van der Waals surface area contributed by atoms with Crippen LogP contribution >= 0.6 is 0 Å². The molecule has 0 aliphatic carbocycles. The van der Waals surface area contributed by atoms with Gasteiger partial charge < -0.3 is 9.47 Å². The van der Waals surface area contributed by atoms with Gasteiger partial charge in [-0.05, 0) is 42.7 Å². The van der Waals surface area contributed by atoms with Crippen LogP contribution in [0, 0.1) is 6.92 Å². The Bertz CT molecular complexity index is 528. The predicted molar refractivity (Wildman–Crippen MR) is 79.4 cm³/mol. The van der Waals surface area contributed by atoms with Crippen LogP contribution in [0.3, 0.4) is 0 Å². The Morgan fingerprint density at radius 3 is 2.16 bits per heavy atom. The molecule has 0 spiro atoms. The zero-order chi connectivity index (χ0) is 13.7. The Hall–Kier alpha value is -1.38. The number of hydrogen-bond donors (Lipinski definition) is 0. The van der Waals surface area contributed by atoms with E-state index in [1.165, 1.54) is 21.9 Å². The van der Waals surface area contributed by atoms with E-state index >= 15 is 0 Å². The number of fused-ring (bicyclic) bond motifs is 1. The van der Waals surface area contributed by atoms with Gasteiger partial charge in [-0.2, -0.15) is 0 Å². The van der Waals surface area contributed by atoms with Gasteiger partial charge in [0, 0.05) is 19.6 Å². The summed E-state index contributed by atoms with van der Waals surface area (Å²) in [5.74, 6) is 0. The summed E-state index contributed by atoms with van der Waals surface area (Å²) in [5.41, 5.74) is 2.59. The zero-order valence-corrected chi connectivity index (χ0v) is 12.0. The number of benzene rings is 2. The van der Waals surface area contributed by atoms with E-state index in [0.29, 0.717) is 13.2 Å². The second-order valence-electron chi connectivity index (χ2n) is 4.63. The van der Waals surface area contributed by atoms with Crippen molar-refractivity contribution in [3.8, 4) is 0 Å². The summed E-state index contributed by atoms with van der Waals surface area (Å²) < 4.78 is 11.3. The topological polar surface area (TPSA) is 18.5 Å². The van der Waals surface area contributed by atoms with Crippen molar-refractivity contribution in [3.63, 3.8) is 0 Å². The lowest BCUT2D eigenvalue weighted by molar-refractivity contribution is -0.134. The highest BCUT2D eigenvalue weighted by atomic mass is 16.7. The summed E-state index contributed by atoms with van der Waals surface area (Å²) in [6, 6.07) is 12.9. The van der Waals surface area contributed by atoms with Crippen molar-refractivity contribution in [1.82, 2.24) is 0 Å². The quantitative estimate of drug-likeness (QED) is 0.727. The Morgan fingerprint density at radius 1 is 0.895 bits per heavy atom. The summed E-state index contributed by atoms with van der Waals surface area (Å²) >= 11 is 0. The molecule has 0 saturated heterocycles. The van der Waals surface area contributed by atoms with Gasteiger partial charge >= 0.3 is 0 Å². The molecule has 2 heteroatoms. The molecule has 0 bridgehead atoms. The van der Waals surface area contributed by atoms with Crippen LogP contribution in [0.25, 0.3) is 10.8 Å². The van der Waals surface area contributed by atoms with Gasteiger partial charge in [0.25, 0.3) is 0 Å². The summed E-state index contributed by atoms with van der Waals surface area (Å²) in [6.45, 7) is 7.50. The minimum atomic E-state index is -0.152. The van der Waals surface area contributed by atoms with Crippen LogP contribution in [0.15, 0.2) is 36.4 Å². The van der Waals surface area contributed by atoms with Crippen LogP contribution in [-0.2, 0) is 15.9 Å². The standard InChI is InChI=1S/C17H22O2/c1-4-18-17(19-5-2)12-14-11-10-13(3)15-8-6-7-9-16(14)15/h6-11,17H,4-5,12H2,1-3H3.